The van der Waals surface area contributed by atoms with Crippen LogP contribution in [0.15, 0.2) is 46.7 Å². The molecule has 0 aliphatic carbocycles. The molecule has 1 amide bonds. The zero-order valence-electron chi connectivity index (χ0n) is 15.1. The quantitative estimate of drug-likeness (QED) is 0.612. The van der Waals surface area contributed by atoms with Crippen LogP contribution in [0.25, 0.3) is 0 Å². The fraction of sp³-hybridized carbons (Fsp3) is 0.333. The Kier molecular flexibility index (Phi) is 7.52. The van der Waals surface area contributed by atoms with E-state index in [9.17, 15) is 18.0 Å². The number of sulfonamides is 1. The number of ether oxygens (including phenoxy) is 1. The highest BCUT2D eigenvalue weighted by Gasteiger charge is 2.23. The van der Waals surface area contributed by atoms with Gasteiger partial charge >= 0.3 is 5.97 Å². The molecule has 0 fully saturated rings. The lowest BCUT2D eigenvalue weighted by molar-refractivity contribution is -0.149. The van der Waals surface area contributed by atoms with E-state index >= 15 is 0 Å². The van der Waals surface area contributed by atoms with E-state index in [2.05, 4.69) is 10.0 Å². The maximum Gasteiger partial charge on any atom is 0.324 e. The van der Waals surface area contributed by atoms with Gasteiger partial charge in [0, 0.05) is 11.4 Å². The first-order valence-electron chi connectivity index (χ1n) is 8.32. The van der Waals surface area contributed by atoms with Crippen LogP contribution in [0.5, 0.6) is 0 Å². The number of carbonyl (C=O) groups excluding carboxylic acids is 2. The van der Waals surface area contributed by atoms with E-state index in [0.717, 1.165) is 10.4 Å². The second-order valence-corrected chi connectivity index (χ2v) is 8.69. The van der Waals surface area contributed by atoms with Crippen LogP contribution in [0.2, 0.25) is 0 Å². The third-order valence-corrected chi connectivity index (χ3v) is 6.13. The summed E-state index contributed by atoms with van der Waals surface area (Å²) in [5, 5.41) is 4.60. The maximum atomic E-state index is 12.3. The van der Waals surface area contributed by atoms with Gasteiger partial charge in [0.2, 0.25) is 10.0 Å². The molecule has 9 heteroatoms. The van der Waals surface area contributed by atoms with Gasteiger partial charge in [-0.15, -0.1) is 11.3 Å². The largest absolute Gasteiger partial charge is 0.454 e. The van der Waals surface area contributed by atoms with Gasteiger partial charge in [-0.25, -0.2) is 8.42 Å². The number of hydrogen-bond donors (Lipinski definition) is 2. The normalized spacial score (nSPS) is 12.4. The monoisotopic (exact) mass is 410 g/mol. The highest BCUT2D eigenvalue weighted by atomic mass is 32.2. The molecule has 1 heterocycles. The second kappa shape index (κ2) is 9.63. The zero-order valence-corrected chi connectivity index (χ0v) is 16.7. The maximum absolute atomic E-state index is 12.3. The average Bonchev–Trinajstić information content (AvgIpc) is 3.13. The molecule has 27 heavy (non-hydrogen) atoms. The highest BCUT2D eigenvalue weighted by Crippen LogP contribution is 2.11. The van der Waals surface area contributed by atoms with Crippen molar-refractivity contribution in [1.82, 2.24) is 10.0 Å². The lowest BCUT2D eigenvalue weighted by atomic mass is 10.2. The minimum Gasteiger partial charge on any atom is -0.454 e. The van der Waals surface area contributed by atoms with Gasteiger partial charge in [0.05, 0.1) is 4.90 Å². The van der Waals surface area contributed by atoms with Crippen molar-refractivity contribution in [3.63, 3.8) is 0 Å². The third-order valence-electron chi connectivity index (χ3n) is 3.64. The van der Waals surface area contributed by atoms with Gasteiger partial charge in [0.25, 0.3) is 5.91 Å². The molecule has 1 aromatic carbocycles. The van der Waals surface area contributed by atoms with Gasteiger partial charge in [-0.05, 0) is 43.8 Å². The fourth-order valence-corrected chi connectivity index (χ4v) is 4.06. The molecule has 0 aliphatic heterocycles. The topological polar surface area (TPSA) is 102 Å². The summed E-state index contributed by atoms with van der Waals surface area (Å²) in [5.74, 6) is -1.26. The first-order chi connectivity index (χ1) is 12.8. The molecule has 0 aliphatic rings. The Morgan fingerprint density at radius 1 is 1.19 bits per heavy atom. The van der Waals surface area contributed by atoms with Gasteiger partial charge < -0.3 is 10.1 Å². The first-order valence-corrected chi connectivity index (χ1v) is 10.7. The summed E-state index contributed by atoms with van der Waals surface area (Å²) in [4.78, 5) is 24.9. The van der Waals surface area contributed by atoms with Crippen molar-refractivity contribution in [3.05, 3.63) is 52.2 Å². The summed E-state index contributed by atoms with van der Waals surface area (Å²) < 4.78 is 31.6. The smallest absolute Gasteiger partial charge is 0.324 e. The van der Waals surface area contributed by atoms with Gasteiger partial charge in [0.15, 0.2) is 6.61 Å². The molecule has 2 N–H and O–H groups in total. The molecule has 0 unspecified atom stereocenters. The van der Waals surface area contributed by atoms with Crippen molar-refractivity contribution in [2.75, 3.05) is 13.2 Å². The van der Waals surface area contributed by atoms with E-state index in [1.165, 1.54) is 19.1 Å². The number of thiophene rings is 1. The van der Waals surface area contributed by atoms with E-state index in [-0.39, 0.29) is 4.90 Å². The minimum absolute atomic E-state index is 0.0547. The predicted molar refractivity (Wildman–Crippen MR) is 103 cm³/mol. The number of hydrogen-bond acceptors (Lipinski definition) is 6. The van der Waals surface area contributed by atoms with E-state index in [1.54, 1.807) is 23.5 Å². The van der Waals surface area contributed by atoms with Gasteiger partial charge in [-0.3, -0.25) is 9.59 Å². The number of rotatable bonds is 9. The molecule has 1 aromatic heterocycles. The van der Waals surface area contributed by atoms with Crippen molar-refractivity contribution >= 4 is 33.2 Å². The van der Waals surface area contributed by atoms with Crippen molar-refractivity contribution in [3.8, 4) is 0 Å². The fourth-order valence-electron chi connectivity index (χ4n) is 2.16. The number of aryl methyl sites for hydroxylation is 1. The van der Waals surface area contributed by atoms with Crippen LogP contribution in [-0.4, -0.2) is 39.5 Å². The van der Waals surface area contributed by atoms with Crippen LogP contribution in [0.1, 0.15) is 17.4 Å². The Balaban J connectivity index is 1.75. The lowest BCUT2D eigenvalue weighted by Crippen LogP contribution is -2.41. The molecule has 7 nitrogen and oxygen atoms in total. The van der Waals surface area contributed by atoms with E-state index in [1.807, 2.05) is 24.4 Å². The standard InChI is InChI=1S/C18H22N2O5S2/c1-13-5-7-16(8-6-13)27(23,24)20-14(2)18(22)25-12-17(21)19-10-9-15-4-3-11-26-15/h3-8,11,14,20H,9-10,12H2,1-2H3,(H,19,21)/t14-/m0/s1. The molecule has 1 atom stereocenters. The van der Waals surface area contributed by atoms with E-state index in [4.69, 9.17) is 4.74 Å². The highest BCUT2D eigenvalue weighted by molar-refractivity contribution is 7.89. The summed E-state index contributed by atoms with van der Waals surface area (Å²) in [7, 11) is -3.85. The summed E-state index contributed by atoms with van der Waals surface area (Å²) in [6, 6.07) is 9.03. The summed E-state index contributed by atoms with van der Waals surface area (Å²) in [6.45, 7) is 3.18. The number of benzene rings is 1. The Bertz CT molecular complexity index is 862. The molecule has 0 radical (unpaired) electrons. The Hall–Kier alpha value is -2.23. The molecule has 2 aromatic rings. The summed E-state index contributed by atoms with van der Waals surface area (Å²) in [6.07, 6.45) is 0.699. The van der Waals surface area contributed by atoms with E-state index in [0.29, 0.717) is 13.0 Å². The molecule has 146 valence electrons. The average molecular weight is 411 g/mol. The Morgan fingerprint density at radius 3 is 2.52 bits per heavy atom. The van der Waals surface area contributed by atoms with Crippen LogP contribution < -0.4 is 10.0 Å². The van der Waals surface area contributed by atoms with Crippen molar-refractivity contribution < 1.29 is 22.7 Å². The summed E-state index contributed by atoms with van der Waals surface area (Å²) in [5.41, 5.74) is 0.923. The van der Waals surface area contributed by atoms with Crippen LogP contribution in [0.4, 0.5) is 0 Å². The first kappa shape index (κ1) is 21.1. The number of amides is 1. The number of nitrogens with one attached hydrogen (secondary N) is 2. The van der Waals surface area contributed by atoms with Crippen molar-refractivity contribution in [1.29, 1.82) is 0 Å². The molecule has 0 saturated heterocycles. The van der Waals surface area contributed by atoms with Crippen molar-refractivity contribution in [2.24, 2.45) is 0 Å². The molecule has 0 spiro atoms. The van der Waals surface area contributed by atoms with Crippen molar-refractivity contribution in [2.45, 2.75) is 31.2 Å². The second-order valence-electron chi connectivity index (χ2n) is 5.94. The third kappa shape index (κ3) is 6.78. The minimum atomic E-state index is -3.85. The lowest BCUT2D eigenvalue weighted by Gasteiger charge is -2.14. The predicted octanol–water partition coefficient (Wildman–Crippen LogP) is 1.63. The molecular formula is C18H22N2O5S2. The van der Waals surface area contributed by atoms with Crippen LogP contribution in [0.3, 0.4) is 0 Å². The molecule has 0 saturated carbocycles. The van der Waals surface area contributed by atoms with E-state index < -0.39 is 34.5 Å². The SMILES string of the molecule is Cc1ccc(S(=O)(=O)N[C@@H](C)C(=O)OCC(=O)NCCc2cccs2)cc1. The van der Waals surface area contributed by atoms with Gasteiger partial charge in [-0.2, -0.15) is 4.72 Å². The number of carbonyl (C=O) groups is 2. The molecule has 2 rings (SSSR count). The zero-order chi connectivity index (χ0) is 19.9. The molecular weight excluding hydrogens is 388 g/mol. The van der Waals surface area contributed by atoms with Gasteiger partial charge in [0.1, 0.15) is 6.04 Å². The van der Waals surface area contributed by atoms with Crippen LogP contribution in [0, 0.1) is 6.92 Å². The van der Waals surface area contributed by atoms with Crippen LogP contribution in [-0.2, 0) is 30.8 Å². The van der Waals surface area contributed by atoms with Gasteiger partial charge in [-0.1, -0.05) is 23.8 Å². The Morgan fingerprint density at radius 2 is 1.89 bits per heavy atom. The van der Waals surface area contributed by atoms with Crippen LogP contribution >= 0.6 is 11.3 Å². The summed E-state index contributed by atoms with van der Waals surface area (Å²) >= 11 is 1.60. The Labute approximate surface area is 162 Å². The number of esters is 1. The molecule has 0 bridgehead atoms.